The van der Waals surface area contributed by atoms with Crippen LogP contribution in [0.2, 0.25) is 5.15 Å². The van der Waals surface area contributed by atoms with Crippen molar-refractivity contribution in [3.63, 3.8) is 0 Å². The summed E-state index contributed by atoms with van der Waals surface area (Å²) in [7, 11) is 0. The Kier molecular flexibility index (Phi) is 6.54. The van der Waals surface area contributed by atoms with Crippen molar-refractivity contribution < 1.29 is 19.1 Å². The largest absolute Gasteiger partial charge is 0.482 e. The minimum atomic E-state index is -0.524. The number of halogens is 1. The molecule has 0 aliphatic heterocycles. The molecule has 0 bridgehead atoms. The van der Waals surface area contributed by atoms with Gasteiger partial charge < -0.3 is 9.47 Å². The first-order valence-corrected chi connectivity index (χ1v) is 10.1. The molecule has 0 saturated heterocycles. The van der Waals surface area contributed by atoms with Crippen LogP contribution >= 0.6 is 23.4 Å². The number of carbonyl (C=O) groups is 2. The number of rotatable bonds is 7. The Bertz CT molecular complexity index is 1020. The molecular formula is C21H18ClNO4S. The van der Waals surface area contributed by atoms with Crippen LogP contribution in [-0.2, 0) is 16.1 Å². The number of thioether (sulfide) groups is 1. The molecule has 0 amide bonds. The van der Waals surface area contributed by atoms with Gasteiger partial charge in [-0.2, -0.15) is 0 Å². The van der Waals surface area contributed by atoms with Crippen LogP contribution in [0, 0.1) is 0 Å². The number of nitrogens with zero attached hydrogens (tertiary/aromatic N) is 1. The number of fused-ring (bicyclic) bond motifs is 1. The van der Waals surface area contributed by atoms with Crippen LogP contribution < -0.4 is 4.74 Å². The summed E-state index contributed by atoms with van der Waals surface area (Å²) in [5, 5.41) is 1.23. The Hall–Kier alpha value is -2.57. The third-order valence-electron chi connectivity index (χ3n) is 4.06. The van der Waals surface area contributed by atoms with Crippen molar-refractivity contribution in [1.82, 2.24) is 4.98 Å². The summed E-state index contributed by atoms with van der Waals surface area (Å²) < 4.78 is 10.6. The molecule has 5 nitrogen and oxygen atoms in total. The molecule has 0 aliphatic rings. The molecule has 0 fully saturated rings. The van der Waals surface area contributed by atoms with E-state index in [-0.39, 0.29) is 19.0 Å². The molecule has 0 N–H and O–H groups in total. The third-order valence-corrected chi connectivity index (χ3v) is 5.11. The predicted octanol–water partition coefficient (Wildman–Crippen LogP) is 4.93. The van der Waals surface area contributed by atoms with E-state index in [0.717, 1.165) is 15.8 Å². The van der Waals surface area contributed by atoms with Crippen LogP contribution in [0.25, 0.3) is 10.9 Å². The first-order chi connectivity index (χ1) is 13.5. The quantitative estimate of drug-likeness (QED) is 0.236. The van der Waals surface area contributed by atoms with Gasteiger partial charge in [0.2, 0.25) is 0 Å². The number of benzene rings is 2. The lowest BCUT2D eigenvalue weighted by atomic mass is 10.1. The van der Waals surface area contributed by atoms with Gasteiger partial charge in [-0.15, -0.1) is 11.8 Å². The summed E-state index contributed by atoms with van der Waals surface area (Å²) in [6.45, 7) is 1.26. The first kappa shape index (κ1) is 20.2. The lowest BCUT2D eigenvalue weighted by molar-refractivity contribution is -0.147. The molecule has 0 saturated carbocycles. The van der Waals surface area contributed by atoms with E-state index >= 15 is 0 Å². The van der Waals surface area contributed by atoms with Crippen LogP contribution in [0.15, 0.2) is 53.4 Å². The average molecular weight is 416 g/mol. The van der Waals surface area contributed by atoms with Crippen molar-refractivity contribution in [2.24, 2.45) is 0 Å². The van der Waals surface area contributed by atoms with E-state index in [4.69, 9.17) is 21.1 Å². The van der Waals surface area contributed by atoms with E-state index in [1.165, 1.54) is 6.92 Å². The predicted molar refractivity (Wildman–Crippen MR) is 110 cm³/mol. The van der Waals surface area contributed by atoms with Gasteiger partial charge in [0, 0.05) is 21.4 Å². The van der Waals surface area contributed by atoms with E-state index in [0.29, 0.717) is 22.0 Å². The SMILES string of the molecule is CSc1ccc2cc(COC(=O)COc3ccc(C(C)=O)cc3)c(Cl)nc2c1. The fourth-order valence-corrected chi connectivity index (χ4v) is 3.16. The zero-order valence-electron chi connectivity index (χ0n) is 15.4. The van der Waals surface area contributed by atoms with Gasteiger partial charge in [0.1, 0.15) is 17.5 Å². The van der Waals surface area contributed by atoms with E-state index in [1.54, 1.807) is 36.0 Å². The Morgan fingerprint density at radius 2 is 1.86 bits per heavy atom. The highest BCUT2D eigenvalue weighted by Crippen LogP contribution is 2.25. The molecule has 0 aliphatic carbocycles. The molecule has 28 heavy (non-hydrogen) atoms. The molecule has 1 aromatic heterocycles. The average Bonchev–Trinajstić information content (AvgIpc) is 2.70. The van der Waals surface area contributed by atoms with E-state index in [9.17, 15) is 9.59 Å². The minimum absolute atomic E-state index is 0.0114. The van der Waals surface area contributed by atoms with Crippen LogP contribution in [0.1, 0.15) is 22.8 Å². The molecule has 3 rings (SSSR count). The molecule has 3 aromatic rings. The monoisotopic (exact) mass is 415 g/mol. The van der Waals surface area contributed by atoms with Gasteiger partial charge in [-0.1, -0.05) is 17.7 Å². The molecule has 144 valence electrons. The van der Waals surface area contributed by atoms with Crippen LogP contribution in [0.3, 0.4) is 0 Å². The van der Waals surface area contributed by atoms with Gasteiger partial charge in [0.05, 0.1) is 5.52 Å². The van der Waals surface area contributed by atoms with Gasteiger partial charge in [-0.05, 0) is 55.6 Å². The molecule has 7 heteroatoms. The maximum atomic E-state index is 12.0. The summed E-state index contributed by atoms with van der Waals surface area (Å²) in [5.41, 5.74) is 2.01. The second-order valence-electron chi connectivity index (χ2n) is 6.03. The van der Waals surface area contributed by atoms with Crippen molar-refractivity contribution in [3.05, 3.63) is 64.8 Å². The molecule has 0 spiro atoms. The summed E-state index contributed by atoms with van der Waals surface area (Å²) >= 11 is 7.86. The molecule has 0 radical (unpaired) electrons. The van der Waals surface area contributed by atoms with Gasteiger partial charge >= 0.3 is 5.97 Å². The zero-order valence-corrected chi connectivity index (χ0v) is 17.0. The van der Waals surface area contributed by atoms with Gasteiger partial charge in [0.25, 0.3) is 0 Å². The topological polar surface area (TPSA) is 65.5 Å². The number of carbonyl (C=O) groups excluding carboxylic acids is 2. The molecule has 2 aromatic carbocycles. The van der Waals surface area contributed by atoms with Crippen LogP contribution in [-0.4, -0.2) is 29.6 Å². The number of pyridine rings is 1. The van der Waals surface area contributed by atoms with Gasteiger partial charge in [0.15, 0.2) is 12.4 Å². The Labute approximate surface area is 172 Å². The van der Waals surface area contributed by atoms with Crippen molar-refractivity contribution in [1.29, 1.82) is 0 Å². The van der Waals surface area contributed by atoms with Crippen molar-refractivity contribution >= 4 is 46.0 Å². The summed E-state index contributed by atoms with van der Waals surface area (Å²) in [6, 6.07) is 14.4. The maximum Gasteiger partial charge on any atom is 0.344 e. The first-order valence-electron chi connectivity index (χ1n) is 8.49. The number of aromatic nitrogens is 1. The summed E-state index contributed by atoms with van der Waals surface area (Å²) in [5.74, 6) is -0.0713. The number of hydrogen-bond donors (Lipinski definition) is 0. The normalized spacial score (nSPS) is 10.7. The van der Waals surface area contributed by atoms with Crippen molar-refractivity contribution in [2.45, 2.75) is 18.4 Å². The Balaban J connectivity index is 1.58. The van der Waals surface area contributed by atoms with Crippen molar-refractivity contribution in [3.8, 4) is 5.75 Å². The molecule has 0 atom stereocenters. The fourth-order valence-electron chi connectivity index (χ4n) is 2.52. The second-order valence-corrected chi connectivity index (χ2v) is 7.26. The number of Topliss-reactive ketones (excluding diaryl/α,β-unsaturated/α-hetero) is 1. The third kappa shape index (κ3) is 5.03. The maximum absolute atomic E-state index is 12.0. The molecular weight excluding hydrogens is 398 g/mol. The second kappa shape index (κ2) is 9.08. The molecule has 0 unspecified atom stereocenters. The number of ether oxygens (including phenoxy) is 2. The fraction of sp³-hybridized carbons (Fsp3) is 0.190. The van der Waals surface area contributed by atoms with Gasteiger partial charge in [-0.25, -0.2) is 9.78 Å². The van der Waals surface area contributed by atoms with E-state index in [1.807, 2.05) is 30.5 Å². The number of ketones is 1. The highest BCUT2D eigenvalue weighted by atomic mass is 35.5. The summed E-state index contributed by atoms with van der Waals surface area (Å²) in [4.78, 5) is 28.7. The van der Waals surface area contributed by atoms with E-state index in [2.05, 4.69) is 4.98 Å². The Morgan fingerprint density at radius 3 is 2.54 bits per heavy atom. The lowest BCUT2D eigenvalue weighted by Gasteiger charge is -2.09. The highest BCUT2D eigenvalue weighted by molar-refractivity contribution is 7.98. The standard InChI is InChI=1S/C21H18ClNO4S/c1-13(24)14-3-6-17(7-4-14)26-12-20(25)27-11-16-9-15-5-8-18(28-2)10-19(15)23-21(16)22/h3-10H,11-12H2,1-2H3. The Morgan fingerprint density at radius 1 is 1.11 bits per heavy atom. The lowest BCUT2D eigenvalue weighted by Crippen LogP contribution is -2.15. The number of hydrogen-bond acceptors (Lipinski definition) is 6. The zero-order chi connectivity index (χ0) is 20.1. The highest BCUT2D eigenvalue weighted by Gasteiger charge is 2.10. The van der Waals surface area contributed by atoms with E-state index < -0.39 is 5.97 Å². The van der Waals surface area contributed by atoms with Gasteiger partial charge in [-0.3, -0.25) is 4.79 Å². The smallest absolute Gasteiger partial charge is 0.344 e. The number of esters is 1. The van der Waals surface area contributed by atoms with Crippen molar-refractivity contribution in [2.75, 3.05) is 12.9 Å². The minimum Gasteiger partial charge on any atom is -0.482 e. The van der Waals surface area contributed by atoms with Crippen LogP contribution in [0.4, 0.5) is 0 Å². The molecule has 1 heterocycles. The van der Waals surface area contributed by atoms with Crippen LogP contribution in [0.5, 0.6) is 5.75 Å². The summed E-state index contributed by atoms with van der Waals surface area (Å²) in [6.07, 6.45) is 2.00.